The van der Waals surface area contributed by atoms with Crippen molar-refractivity contribution in [2.75, 3.05) is 18.5 Å². The Labute approximate surface area is 129 Å². The van der Waals surface area contributed by atoms with Crippen molar-refractivity contribution >= 4 is 17.4 Å². The molecule has 0 fully saturated rings. The van der Waals surface area contributed by atoms with E-state index in [0.717, 1.165) is 18.8 Å². The molecule has 21 heavy (non-hydrogen) atoms. The Kier molecular flexibility index (Phi) is 4.36. The van der Waals surface area contributed by atoms with Gasteiger partial charge in [0.1, 0.15) is 17.6 Å². The van der Waals surface area contributed by atoms with Crippen molar-refractivity contribution in [1.29, 1.82) is 0 Å². The largest absolute Gasteiger partial charge is 0.374 e. The third-order valence-electron chi connectivity index (χ3n) is 3.67. The molecule has 5 heteroatoms. The molecule has 0 aliphatic heterocycles. The molecule has 0 bridgehead atoms. The van der Waals surface area contributed by atoms with Gasteiger partial charge >= 0.3 is 0 Å². The molecule has 0 spiro atoms. The quantitative estimate of drug-likeness (QED) is 0.831. The van der Waals surface area contributed by atoms with E-state index in [2.05, 4.69) is 39.6 Å². The molecule has 1 heterocycles. The molecule has 0 saturated carbocycles. The van der Waals surface area contributed by atoms with Gasteiger partial charge in [-0.2, -0.15) is 0 Å². The number of halogens is 1. The van der Waals surface area contributed by atoms with Crippen molar-refractivity contribution in [3.8, 4) is 0 Å². The summed E-state index contributed by atoms with van der Waals surface area (Å²) in [6, 6.07) is 10.3. The van der Waals surface area contributed by atoms with Crippen LogP contribution in [0.5, 0.6) is 0 Å². The first-order chi connectivity index (χ1) is 10.3. The second-order valence-electron chi connectivity index (χ2n) is 5.11. The highest BCUT2D eigenvalue weighted by Crippen LogP contribution is 2.34. The standard InChI is InChI=1S/C16H18ClN3O/c1-2-21-10-16-19-14(17)8-15(20-16)18-9-12-7-11-5-3-4-6-13(11)12/h3-6,8,12H,2,7,9-10H2,1H3,(H,18,19,20). The Bertz CT molecular complexity index is 633. The number of hydrogen-bond donors (Lipinski definition) is 1. The van der Waals surface area contributed by atoms with Gasteiger partial charge in [0.05, 0.1) is 0 Å². The van der Waals surface area contributed by atoms with Gasteiger partial charge < -0.3 is 10.1 Å². The Hall–Kier alpha value is -1.65. The number of rotatable bonds is 6. The van der Waals surface area contributed by atoms with Crippen LogP contribution in [-0.2, 0) is 17.8 Å². The maximum absolute atomic E-state index is 6.03. The summed E-state index contributed by atoms with van der Waals surface area (Å²) >= 11 is 6.03. The van der Waals surface area contributed by atoms with Crippen LogP contribution in [0.3, 0.4) is 0 Å². The fourth-order valence-corrected chi connectivity index (χ4v) is 2.79. The maximum Gasteiger partial charge on any atom is 0.158 e. The van der Waals surface area contributed by atoms with Gasteiger partial charge in [-0.3, -0.25) is 0 Å². The number of nitrogens with one attached hydrogen (secondary N) is 1. The van der Waals surface area contributed by atoms with Crippen LogP contribution in [0.25, 0.3) is 0 Å². The molecule has 0 radical (unpaired) electrons. The van der Waals surface area contributed by atoms with E-state index in [0.29, 0.717) is 30.1 Å². The van der Waals surface area contributed by atoms with E-state index < -0.39 is 0 Å². The zero-order valence-electron chi connectivity index (χ0n) is 12.0. The molecule has 0 amide bonds. The molecule has 4 nitrogen and oxygen atoms in total. The minimum atomic E-state index is 0.387. The molecular formula is C16H18ClN3O. The molecule has 1 aliphatic carbocycles. The maximum atomic E-state index is 6.03. The van der Waals surface area contributed by atoms with Gasteiger partial charge in [-0.15, -0.1) is 0 Å². The second-order valence-corrected chi connectivity index (χ2v) is 5.50. The molecule has 1 atom stereocenters. The number of nitrogens with zero attached hydrogens (tertiary/aromatic N) is 2. The summed E-state index contributed by atoms with van der Waals surface area (Å²) in [6.45, 7) is 3.83. The molecule has 2 aromatic rings. The molecule has 1 aliphatic rings. The van der Waals surface area contributed by atoms with E-state index in [1.807, 2.05) is 6.92 Å². The first kappa shape index (κ1) is 14.3. The normalized spacial score (nSPS) is 16.2. The Morgan fingerprint density at radius 1 is 1.33 bits per heavy atom. The predicted molar refractivity (Wildman–Crippen MR) is 83.7 cm³/mol. The number of fused-ring (bicyclic) bond motifs is 1. The summed E-state index contributed by atoms with van der Waals surface area (Å²) in [5, 5.41) is 3.79. The van der Waals surface area contributed by atoms with Crippen molar-refractivity contribution in [2.24, 2.45) is 0 Å². The summed E-state index contributed by atoms with van der Waals surface area (Å²) in [7, 11) is 0. The third-order valence-corrected chi connectivity index (χ3v) is 3.86. The lowest BCUT2D eigenvalue weighted by Crippen LogP contribution is -2.24. The average molecular weight is 304 g/mol. The van der Waals surface area contributed by atoms with Crippen LogP contribution in [-0.4, -0.2) is 23.1 Å². The van der Waals surface area contributed by atoms with Crippen LogP contribution >= 0.6 is 11.6 Å². The van der Waals surface area contributed by atoms with Crippen LogP contribution in [0, 0.1) is 0 Å². The van der Waals surface area contributed by atoms with Gasteiger partial charge in [-0.25, -0.2) is 9.97 Å². The number of hydrogen-bond acceptors (Lipinski definition) is 4. The molecule has 1 N–H and O–H groups in total. The highest BCUT2D eigenvalue weighted by molar-refractivity contribution is 6.29. The van der Waals surface area contributed by atoms with Gasteiger partial charge in [0, 0.05) is 25.1 Å². The topological polar surface area (TPSA) is 47.0 Å². The lowest BCUT2D eigenvalue weighted by atomic mass is 9.78. The van der Waals surface area contributed by atoms with Crippen molar-refractivity contribution < 1.29 is 4.74 Å². The van der Waals surface area contributed by atoms with Crippen LogP contribution in [0.1, 0.15) is 29.8 Å². The second kappa shape index (κ2) is 6.41. The van der Waals surface area contributed by atoms with Gasteiger partial charge in [0.15, 0.2) is 5.82 Å². The molecule has 1 unspecified atom stereocenters. The van der Waals surface area contributed by atoms with Gasteiger partial charge in [0.2, 0.25) is 0 Å². The van der Waals surface area contributed by atoms with E-state index in [9.17, 15) is 0 Å². The lowest BCUT2D eigenvalue weighted by molar-refractivity contribution is 0.128. The lowest BCUT2D eigenvalue weighted by Gasteiger charge is -2.30. The minimum Gasteiger partial charge on any atom is -0.374 e. The molecule has 3 rings (SSSR count). The first-order valence-electron chi connectivity index (χ1n) is 7.19. The Morgan fingerprint density at radius 3 is 3.00 bits per heavy atom. The number of ether oxygens (including phenoxy) is 1. The van der Waals surface area contributed by atoms with Crippen molar-refractivity contribution in [3.63, 3.8) is 0 Å². The van der Waals surface area contributed by atoms with Crippen molar-refractivity contribution in [1.82, 2.24) is 9.97 Å². The molecule has 1 aromatic carbocycles. The van der Waals surface area contributed by atoms with Crippen molar-refractivity contribution in [3.05, 3.63) is 52.4 Å². The number of benzene rings is 1. The van der Waals surface area contributed by atoms with E-state index in [-0.39, 0.29) is 0 Å². The van der Waals surface area contributed by atoms with E-state index in [4.69, 9.17) is 16.3 Å². The van der Waals surface area contributed by atoms with Crippen LogP contribution in [0.15, 0.2) is 30.3 Å². The van der Waals surface area contributed by atoms with E-state index >= 15 is 0 Å². The van der Waals surface area contributed by atoms with Crippen LogP contribution in [0.2, 0.25) is 5.15 Å². The predicted octanol–water partition coefficient (Wildman–Crippen LogP) is 3.42. The SMILES string of the molecule is CCOCc1nc(Cl)cc(NCC2Cc3ccccc32)n1. The fourth-order valence-electron chi connectivity index (χ4n) is 2.59. The highest BCUT2D eigenvalue weighted by Gasteiger charge is 2.24. The van der Waals surface area contributed by atoms with E-state index in [1.54, 1.807) is 6.07 Å². The monoisotopic (exact) mass is 303 g/mol. The summed E-state index contributed by atoms with van der Waals surface area (Å²) < 4.78 is 5.32. The van der Waals surface area contributed by atoms with Crippen molar-refractivity contribution in [2.45, 2.75) is 25.9 Å². The summed E-state index contributed by atoms with van der Waals surface area (Å²) in [6.07, 6.45) is 1.12. The van der Waals surface area contributed by atoms with Crippen LogP contribution in [0.4, 0.5) is 5.82 Å². The summed E-state index contributed by atoms with van der Waals surface area (Å²) in [4.78, 5) is 8.58. The molecule has 1 aromatic heterocycles. The van der Waals surface area contributed by atoms with E-state index in [1.165, 1.54) is 11.1 Å². The Balaban J connectivity index is 1.62. The van der Waals surface area contributed by atoms with Gasteiger partial charge in [-0.05, 0) is 24.5 Å². The smallest absolute Gasteiger partial charge is 0.158 e. The van der Waals surface area contributed by atoms with Gasteiger partial charge in [-0.1, -0.05) is 35.9 Å². The highest BCUT2D eigenvalue weighted by atomic mass is 35.5. The van der Waals surface area contributed by atoms with Crippen LogP contribution < -0.4 is 5.32 Å². The molecule has 0 saturated heterocycles. The fraction of sp³-hybridized carbons (Fsp3) is 0.375. The summed E-state index contributed by atoms with van der Waals surface area (Å²) in [5.41, 5.74) is 2.88. The zero-order chi connectivity index (χ0) is 14.7. The Morgan fingerprint density at radius 2 is 2.19 bits per heavy atom. The first-order valence-corrected chi connectivity index (χ1v) is 7.57. The molecule has 110 valence electrons. The zero-order valence-corrected chi connectivity index (χ0v) is 12.7. The third kappa shape index (κ3) is 3.34. The minimum absolute atomic E-state index is 0.387. The van der Waals surface area contributed by atoms with Gasteiger partial charge in [0.25, 0.3) is 0 Å². The number of anilines is 1. The number of aromatic nitrogens is 2. The molecular weight excluding hydrogens is 286 g/mol. The average Bonchev–Trinajstić information content (AvgIpc) is 2.45. The summed E-state index contributed by atoms with van der Waals surface area (Å²) in [5.74, 6) is 1.92.